The van der Waals surface area contributed by atoms with Crippen molar-refractivity contribution in [1.29, 1.82) is 5.26 Å². The molecule has 3 heteroatoms. The van der Waals surface area contributed by atoms with Gasteiger partial charge in [0, 0.05) is 6.54 Å². The molecule has 0 aliphatic carbocycles. The molecule has 0 aromatic heterocycles. The number of nitrogens with one attached hydrogen (secondary N) is 1. The molecule has 0 saturated carbocycles. The molecule has 0 bridgehead atoms. The van der Waals surface area contributed by atoms with Gasteiger partial charge in [-0.1, -0.05) is 27.7 Å². The summed E-state index contributed by atoms with van der Waals surface area (Å²) in [5.74, 6) is 1.68. The van der Waals surface area contributed by atoms with Gasteiger partial charge in [0.2, 0.25) is 0 Å². The Labute approximate surface area is 125 Å². The maximum Gasteiger partial charge on any atom is 0.106 e. The number of rotatable bonds is 8. The van der Waals surface area contributed by atoms with E-state index in [1.807, 2.05) is 0 Å². The molecule has 0 aromatic rings. The molecule has 0 aromatic carbocycles. The molecule has 3 atom stereocenters. The van der Waals surface area contributed by atoms with Gasteiger partial charge in [0.1, 0.15) is 5.54 Å². The summed E-state index contributed by atoms with van der Waals surface area (Å²) in [5, 5.41) is 12.9. The van der Waals surface area contributed by atoms with Gasteiger partial charge >= 0.3 is 0 Å². The van der Waals surface area contributed by atoms with Gasteiger partial charge in [-0.2, -0.15) is 5.26 Å². The SMILES string of the molecule is CCCNC(C#N)(CC)CCCN1CCC(C)C(C)C1. The van der Waals surface area contributed by atoms with E-state index in [2.05, 4.69) is 44.0 Å². The van der Waals surface area contributed by atoms with Crippen LogP contribution in [0.2, 0.25) is 0 Å². The summed E-state index contributed by atoms with van der Waals surface area (Å²) in [5.41, 5.74) is -0.301. The van der Waals surface area contributed by atoms with Crippen LogP contribution >= 0.6 is 0 Å². The topological polar surface area (TPSA) is 39.1 Å². The van der Waals surface area contributed by atoms with E-state index in [9.17, 15) is 5.26 Å². The van der Waals surface area contributed by atoms with E-state index < -0.39 is 0 Å². The zero-order chi connectivity index (χ0) is 15.0. The van der Waals surface area contributed by atoms with Crippen LogP contribution in [-0.2, 0) is 0 Å². The van der Waals surface area contributed by atoms with E-state index in [1.54, 1.807) is 0 Å². The molecule has 0 radical (unpaired) electrons. The summed E-state index contributed by atoms with van der Waals surface area (Å²) >= 11 is 0. The molecule has 0 spiro atoms. The monoisotopic (exact) mass is 279 g/mol. The van der Waals surface area contributed by atoms with E-state index in [4.69, 9.17) is 0 Å². The molecule has 20 heavy (non-hydrogen) atoms. The van der Waals surface area contributed by atoms with Gasteiger partial charge in [-0.3, -0.25) is 5.32 Å². The summed E-state index contributed by atoms with van der Waals surface area (Å²) in [4.78, 5) is 2.59. The van der Waals surface area contributed by atoms with E-state index in [0.29, 0.717) is 0 Å². The number of hydrogen-bond donors (Lipinski definition) is 1. The average molecular weight is 279 g/mol. The van der Waals surface area contributed by atoms with Gasteiger partial charge in [-0.25, -0.2) is 0 Å². The van der Waals surface area contributed by atoms with Crippen molar-refractivity contribution in [2.75, 3.05) is 26.2 Å². The van der Waals surface area contributed by atoms with Crippen molar-refractivity contribution < 1.29 is 0 Å². The van der Waals surface area contributed by atoms with E-state index >= 15 is 0 Å². The molecule has 3 unspecified atom stereocenters. The first-order valence-electron chi connectivity index (χ1n) is 8.45. The molecule has 116 valence electrons. The lowest BCUT2D eigenvalue weighted by Gasteiger charge is -2.36. The van der Waals surface area contributed by atoms with E-state index in [0.717, 1.165) is 50.6 Å². The summed E-state index contributed by atoms with van der Waals surface area (Å²) in [6.45, 7) is 13.6. The third kappa shape index (κ3) is 5.07. The number of nitriles is 1. The fraction of sp³-hybridized carbons (Fsp3) is 0.941. The third-order valence-corrected chi connectivity index (χ3v) is 5.03. The summed E-state index contributed by atoms with van der Waals surface area (Å²) in [6, 6.07) is 2.52. The second kappa shape index (κ2) is 8.64. The maximum atomic E-state index is 9.49. The average Bonchev–Trinajstić information content (AvgIpc) is 2.47. The lowest BCUT2D eigenvalue weighted by Crippen LogP contribution is -2.45. The molecule has 1 saturated heterocycles. The molecule has 1 aliphatic heterocycles. The highest BCUT2D eigenvalue weighted by atomic mass is 15.1. The normalized spacial score (nSPS) is 26.9. The number of piperidine rings is 1. The minimum atomic E-state index is -0.301. The lowest BCUT2D eigenvalue weighted by molar-refractivity contribution is 0.134. The Morgan fingerprint density at radius 3 is 2.60 bits per heavy atom. The Morgan fingerprint density at radius 2 is 2.05 bits per heavy atom. The van der Waals surface area contributed by atoms with Crippen molar-refractivity contribution in [2.45, 2.75) is 65.3 Å². The third-order valence-electron chi connectivity index (χ3n) is 5.03. The highest BCUT2D eigenvalue weighted by Crippen LogP contribution is 2.23. The quantitative estimate of drug-likeness (QED) is 0.740. The summed E-state index contributed by atoms with van der Waals surface area (Å²) in [7, 11) is 0. The Kier molecular flexibility index (Phi) is 7.55. The molecular weight excluding hydrogens is 246 g/mol. The number of likely N-dealkylation sites (tertiary alicyclic amines) is 1. The van der Waals surface area contributed by atoms with Gasteiger partial charge in [0.05, 0.1) is 6.07 Å². The zero-order valence-corrected chi connectivity index (χ0v) is 13.9. The second-order valence-electron chi connectivity index (χ2n) is 6.62. The smallest absolute Gasteiger partial charge is 0.106 e. The van der Waals surface area contributed by atoms with Crippen molar-refractivity contribution in [3.8, 4) is 6.07 Å². The van der Waals surface area contributed by atoms with Gasteiger partial charge in [0.25, 0.3) is 0 Å². The van der Waals surface area contributed by atoms with Gasteiger partial charge in [-0.05, 0) is 63.6 Å². The van der Waals surface area contributed by atoms with Crippen molar-refractivity contribution in [3.05, 3.63) is 0 Å². The second-order valence-corrected chi connectivity index (χ2v) is 6.62. The van der Waals surface area contributed by atoms with Gasteiger partial charge < -0.3 is 4.90 Å². The first kappa shape index (κ1) is 17.5. The van der Waals surface area contributed by atoms with E-state index in [-0.39, 0.29) is 5.54 Å². The van der Waals surface area contributed by atoms with Crippen molar-refractivity contribution in [3.63, 3.8) is 0 Å². The molecule has 0 amide bonds. The van der Waals surface area contributed by atoms with Crippen LogP contribution in [0.15, 0.2) is 0 Å². The zero-order valence-electron chi connectivity index (χ0n) is 13.9. The minimum absolute atomic E-state index is 0.301. The van der Waals surface area contributed by atoms with E-state index in [1.165, 1.54) is 19.5 Å². The Hall–Kier alpha value is -0.590. The van der Waals surface area contributed by atoms with Crippen molar-refractivity contribution >= 4 is 0 Å². The molecule has 1 rings (SSSR count). The van der Waals surface area contributed by atoms with Crippen molar-refractivity contribution in [1.82, 2.24) is 10.2 Å². The van der Waals surface area contributed by atoms with Crippen LogP contribution in [0.5, 0.6) is 0 Å². The molecule has 3 nitrogen and oxygen atoms in total. The fourth-order valence-corrected chi connectivity index (χ4v) is 3.09. The van der Waals surface area contributed by atoms with Gasteiger partial charge in [0.15, 0.2) is 0 Å². The number of hydrogen-bond acceptors (Lipinski definition) is 3. The van der Waals surface area contributed by atoms with Crippen LogP contribution in [-0.4, -0.2) is 36.6 Å². The van der Waals surface area contributed by atoms with Crippen molar-refractivity contribution in [2.24, 2.45) is 11.8 Å². The van der Waals surface area contributed by atoms with Crippen LogP contribution in [0.1, 0.15) is 59.8 Å². The fourth-order valence-electron chi connectivity index (χ4n) is 3.09. The Bertz CT molecular complexity index is 310. The van der Waals surface area contributed by atoms with Crippen LogP contribution in [0, 0.1) is 23.2 Å². The van der Waals surface area contributed by atoms with Crippen LogP contribution < -0.4 is 5.32 Å². The largest absolute Gasteiger partial charge is 0.303 e. The highest BCUT2D eigenvalue weighted by Gasteiger charge is 2.27. The minimum Gasteiger partial charge on any atom is -0.303 e. The first-order chi connectivity index (χ1) is 9.56. The lowest BCUT2D eigenvalue weighted by atomic mass is 9.88. The maximum absolute atomic E-state index is 9.49. The first-order valence-corrected chi connectivity index (χ1v) is 8.45. The molecule has 1 N–H and O–H groups in total. The standard InChI is InChI=1S/C17H33N3/c1-5-10-19-17(6-2,14-18)9-7-11-20-12-8-15(3)16(4)13-20/h15-16,19H,5-13H2,1-4H3. The predicted molar refractivity (Wildman–Crippen MR) is 85.5 cm³/mol. The van der Waals surface area contributed by atoms with Crippen LogP contribution in [0.4, 0.5) is 0 Å². The summed E-state index contributed by atoms with van der Waals surface area (Å²) < 4.78 is 0. The molecular formula is C17H33N3. The molecule has 1 heterocycles. The van der Waals surface area contributed by atoms with Crippen LogP contribution in [0.3, 0.4) is 0 Å². The van der Waals surface area contributed by atoms with Gasteiger partial charge in [-0.15, -0.1) is 0 Å². The number of nitrogens with zero attached hydrogens (tertiary/aromatic N) is 2. The summed E-state index contributed by atoms with van der Waals surface area (Å²) in [6.07, 6.45) is 5.41. The Morgan fingerprint density at radius 1 is 1.30 bits per heavy atom. The van der Waals surface area contributed by atoms with Crippen LogP contribution in [0.25, 0.3) is 0 Å². The Balaban J connectivity index is 2.35. The predicted octanol–water partition coefficient (Wildman–Crippen LogP) is 3.42. The molecule has 1 aliphatic rings. The highest BCUT2D eigenvalue weighted by molar-refractivity contribution is 5.06. The molecule has 1 fully saturated rings.